The molecule has 0 aliphatic heterocycles. The summed E-state index contributed by atoms with van der Waals surface area (Å²) in [6.07, 6.45) is 0. The van der Waals surface area contributed by atoms with Crippen LogP contribution in [0.15, 0.2) is 35.2 Å². The van der Waals surface area contributed by atoms with Crippen molar-refractivity contribution in [2.24, 2.45) is 0 Å². The van der Waals surface area contributed by atoms with Gasteiger partial charge >= 0.3 is 0 Å². The average molecular weight is 366 g/mol. The number of aryl methyl sites for hydroxylation is 1. The Morgan fingerprint density at radius 1 is 1.00 bits per heavy atom. The van der Waals surface area contributed by atoms with Crippen LogP contribution in [-0.4, -0.2) is 8.42 Å². The Hall–Kier alpha value is -1.14. The van der Waals surface area contributed by atoms with Crippen molar-refractivity contribution in [3.63, 3.8) is 0 Å². The van der Waals surface area contributed by atoms with Crippen molar-refractivity contribution in [1.82, 2.24) is 0 Å². The van der Waals surface area contributed by atoms with E-state index in [1.165, 1.54) is 12.1 Å². The van der Waals surface area contributed by atoms with Crippen molar-refractivity contribution in [3.05, 3.63) is 51.0 Å². The molecule has 0 aliphatic rings. The minimum absolute atomic E-state index is 0.0595. The van der Waals surface area contributed by atoms with E-state index in [1.54, 1.807) is 18.2 Å². The second-order valence-electron chi connectivity index (χ2n) is 4.40. The van der Waals surface area contributed by atoms with Gasteiger partial charge < -0.3 is 5.73 Å². The molecule has 4 nitrogen and oxygen atoms in total. The molecule has 2 aromatic carbocycles. The Bertz CT molecular complexity index is 784. The van der Waals surface area contributed by atoms with Gasteiger partial charge in [-0.3, -0.25) is 4.72 Å². The van der Waals surface area contributed by atoms with Gasteiger partial charge in [-0.25, -0.2) is 8.42 Å². The number of benzene rings is 2. The maximum atomic E-state index is 12.4. The highest BCUT2D eigenvalue weighted by atomic mass is 35.5. The quantitative estimate of drug-likeness (QED) is 0.795. The molecule has 0 aliphatic carbocycles. The highest BCUT2D eigenvalue weighted by Crippen LogP contribution is 2.34. The number of rotatable bonds is 3. The van der Waals surface area contributed by atoms with Crippen LogP contribution in [-0.2, 0) is 10.0 Å². The van der Waals surface area contributed by atoms with Crippen LogP contribution in [0.3, 0.4) is 0 Å². The number of sulfonamides is 1. The fourth-order valence-electron chi connectivity index (χ4n) is 1.73. The van der Waals surface area contributed by atoms with Crippen LogP contribution in [0.1, 0.15) is 5.56 Å². The molecule has 0 saturated heterocycles. The number of hydrogen-bond acceptors (Lipinski definition) is 3. The molecule has 0 amide bonds. The van der Waals surface area contributed by atoms with Crippen LogP contribution in [0.2, 0.25) is 15.1 Å². The van der Waals surface area contributed by atoms with E-state index in [0.717, 1.165) is 5.56 Å². The van der Waals surface area contributed by atoms with Gasteiger partial charge in [-0.05, 0) is 36.8 Å². The Morgan fingerprint density at radius 2 is 1.57 bits per heavy atom. The Morgan fingerprint density at radius 3 is 2.10 bits per heavy atom. The lowest BCUT2D eigenvalue weighted by atomic mass is 10.2. The molecule has 0 fully saturated rings. The number of halogens is 3. The molecule has 0 unspecified atom stereocenters. The summed E-state index contributed by atoms with van der Waals surface area (Å²) in [5.74, 6) is 0. The second-order valence-corrected chi connectivity index (χ2v) is 7.24. The molecular formula is C13H11Cl3N2O2S. The lowest BCUT2D eigenvalue weighted by molar-refractivity contribution is 0.601. The van der Waals surface area contributed by atoms with Gasteiger partial charge in [-0.1, -0.05) is 40.9 Å². The maximum absolute atomic E-state index is 12.4. The van der Waals surface area contributed by atoms with Gasteiger partial charge in [0, 0.05) is 5.69 Å². The summed E-state index contributed by atoms with van der Waals surface area (Å²) in [6, 6.07) is 7.58. The normalized spacial score (nSPS) is 11.4. The molecule has 0 radical (unpaired) electrons. The van der Waals surface area contributed by atoms with E-state index < -0.39 is 10.0 Å². The number of nitrogen functional groups attached to an aromatic ring is 1. The fraction of sp³-hybridized carbons (Fsp3) is 0.0769. The van der Waals surface area contributed by atoms with Crippen molar-refractivity contribution in [2.75, 3.05) is 10.5 Å². The van der Waals surface area contributed by atoms with E-state index in [0.29, 0.717) is 0 Å². The topological polar surface area (TPSA) is 72.2 Å². The lowest BCUT2D eigenvalue weighted by Crippen LogP contribution is -2.14. The molecule has 3 N–H and O–H groups in total. The standard InChI is InChI=1S/C13H11Cl3N2O2S/c1-7-2-3-12(9(14)4-7)18-21(19,20)13-10(15)5-8(17)6-11(13)16/h2-6,18H,17H2,1H3. The van der Waals surface area contributed by atoms with E-state index in [-0.39, 0.29) is 31.3 Å². The predicted molar refractivity (Wildman–Crippen MR) is 87.9 cm³/mol. The van der Waals surface area contributed by atoms with Gasteiger partial charge in [0.25, 0.3) is 10.0 Å². The first-order chi connectivity index (χ1) is 9.70. The molecule has 0 heterocycles. The molecule has 0 spiro atoms. The third kappa shape index (κ3) is 3.55. The van der Waals surface area contributed by atoms with Gasteiger partial charge in [0.2, 0.25) is 0 Å². The average Bonchev–Trinajstić information content (AvgIpc) is 2.30. The molecule has 8 heteroatoms. The van der Waals surface area contributed by atoms with Crippen molar-refractivity contribution >= 4 is 56.2 Å². The largest absolute Gasteiger partial charge is 0.399 e. The molecule has 112 valence electrons. The smallest absolute Gasteiger partial charge is 0.264 e. The van der Waals surface area contributed by atoms with E-state index >= 15 is 0 Å². The van der Waals surface area contributed by atoms with Crippen LogP contribution in [0, 0.1) is 6.92 Å². The minimum Gasteiger partial charge on any atom is -0.399 e. The Balaban J connectivity index is 2.48. The third-order valence-corrected chi connectivity index (χ3v) is 5.26. The van der Waals surface area contributed by atoms with E-state index in [4.69, 9.17) is 40.5 Å². The van der Waals surface area contributed by atoms with Crippen LogP contribution in [0.25, 0.3) is 0 Å². The molecule has 2 aromatic rings. The molecule has 0 saturated carbocycles. The molecule has 0 atom stereocenters. The van der Waals surface area contributed by atoms with E-state index in [9.17, 15) is 8.42 Å². The maximum Gasteiger partial charge on any atom is 0.264 e. The first-order valence-electron chi connectivity index (χ1n) is 5.74. The van der Waals surface area contributed by atoms with Gasteiger partial charge in [0.1, 0.15) is 4.90 Å². The predicted octanol–water partition coefficient (Wildman–Crippen LogP) is 4.34. The molecule has 0 bridgehead atoms. The van der Waals surface area contributed by atoms with Crippen molar-refractivity contribution in [2.45, 2.75) is 11.8 Å². The van der Waals surface area contributed by atoms with Gasteiger partial charge in [-0.2, -0.15) is 0 Å². The zero-order chi connectivity index (χ0) is 15.8. The second kappa shape index (κ2) is 5.93. The van der Waals surface area contributed by atoms with Crippen molar-refractivity contribution in [1.29, 1.82) is 0 Å². The summed E-state index contributed by atoms with van der Waals surface area (Å²) in [7, 11) is -3.98. The molecule has 0 aromatic heterocycles. The highest BCUT2D eigenvalue weighted by molar-refractivity contribution is 7.93. The summed E-state index contributed by atoms with van der Waals surface area (Å²) in [5, 5.41) is 0.160. The SMILES string of the molecule is Cc1ccc(NS(=O)(=O)c2c(Cl)cc(N)cc2Cl)c(Cl)c1. The summed E-state index contributed by atoms with van der Waals surface area (Å²) in [5.41, 5.74) is 6.99. The van der Waals surface area contributed by atoms with Gasteiger partial charge in [0.15, 0.2) is 0 Å². The molecule has 21 heavy (non-hydrogen) atoms. The first kappa shape index (κ1) is 16.2. The number of nitrogens with one attached hydrogen (secondary N) is 1. The summed E-state index contributed by atoms with van der Waals surface area (Å²) >= 11 is 17.9. The lowest BCUT2D eigenvalue weighted by Gasteiger charge is -2.13. The van der Waals surface area contributed by atoms with Gasteiger partial charge in [-0.15, -0.1) is 0 Å². The van der Waals surface area contributed by atoms with Gasteiger partial charge in [0.05, 0.1) is 20.8 Å². The Kier molecular flexibility index (Phi) is 4.58. The highest BCUT2D eigenvalue weighted by Gasteiger charge is 2.23. The number of anilines is 2. The Labute approximate surface area is 137 Å². The number of hydrogen-bond donors (Lipinski definition) is 2. The molecule has 2 rings (SSSR count). The van der Waals surface area contributed by atoms with Crippen LogP contribution < -0.4 is 10.5 Å². The minimum atomic E-state index is -3.98. The monoisotopic (exact) mass is 364 g/mol. The third-order valence-electron chi connectivity index (χ3n) is 2.66. The van der Waals surface area contributed by atoms with Crippen LogP contribution in [0.5, 0.6) is 0 Å². The van der Waals surface area contributed by atoms with E-state index in [2.05, 4.69) is 4.72 Å². The molecular weight excluding hydrogens is 355 g/mol. The summed E-state index contributed by atoms with van der Waals surface area (Å²) < 4.78 is 27.2. The number of nitrogens with two attached hydrogens (primary N) is 1. The fourth-order valence-corrected chi connectivity index (χ4v) is 4.39. The van der Waals surface area contributed by atoms with Crippen LogP contribution >= 0.6 is 34.8 Å². The zero-order valence-corrected chi connectivity index (χ0v) is 13.9. The van der Waals surface area contributed by atoms with Crippen molar-refractivity contribution in [3.8, 4) is 0 Å². The van der Waals surface area contributed by atoms with E-state index in [1.807, 2.05) is 6.92 Å². The zero-order valence-electron chi connectivity index (χ0n) is 10.8. The summed E-state index contributed by atoms with van der Waals surface area (Å²) in [6.45, 7) is 1.85. The van der Waals surface area contributed by atoms with Crippen LogP contribution in [0.4, 0.5) is 11.4 Å². The summed E-state index contributed by atoms with van der Waals surface area (Å²) in [4.78, 5) is -0.239. The van der Waals surface area contributed by atoms with Crippen molar-refractivity contribution < 1.29 is 8.42 Å². The first-order valence-corrected chi connectivity index (χ1v) is 8.36.